The summed E-state index contributed by atoms with van der Waals surface area (Å²) in [5, 5.41) is 0. The molecule has 0 saturated carbocycles. The standard InChI is InChI=1S/C16H8BrF2NOS2/c17-10-4-5-13(19)9(6-10)7-14-15(21)20(16(22)23-14)12-3-1-2-11(18)8-12/h1-8H/b14-7+. The van der Waals surface area contributed by atoms with Crippen molar-refractivity contribution in [1.29, 1.82) is 0 Å². The minimum atomic E-state index is -0.460. The lowest BCUT2D eigenvalue weighted by Crippen LogP contribution is -2.27. The molecule has 1 fully saturated rings. The number of halogens is 3. The number of benzene rings is 2. The molecule has 0 aliphatic carbocycles. The molecule has 0 spiro atoms. The summed E-state index contributed by atoms with van der Waals surface area (Å²) in [6, 6.07) is 10.1. The lowest BCUT2D eigenvalue weighted by Gasteiger charge is -2.14. The molecule has 0 aromatic heterocycles. The highest BCUT2D eigenvalue weighted by atomic mass is 79.9. The largest absolute Gasteiger partial charge is 0.270 e. The Balaban J connectivity index is 1.98. The Morgan fingerprint density at radius 3 is 2.70 bits per heavy atom. The van der Waals surface area contributed by atoms with E-state index >= 15 is 0 Å². The number of hydrogen-bond donors (Lipinski definition) is 0. The number of rotatable bonds is 2. The highest BCUT2D eigenvalue weighted by Gasteiger charge is 2.33. The van der Waals surface area contributed by atoms with Crippen LogP contribution >= 0.6 is 39.9 Å². The fourth-order valence-electron chi connectivity index (χ4n) is 2.07. The summed E-state index contributed by atoms with van der Waals surface area (Å²) in [5.74, 6) is -1.30. The second-order valence-corrected chi connectivity index (χ2v) is 7.25. The topological polar surface area (TPSA) is 20.3 Å². The van der Waals surface area contributed by atoms with Crippen molar-refractivity contribution in [2.45, 2.75) is 0 Å². The molecule has 116 valence electrons. The molecule has 1 amide bonds. The van der Waals surface area contributed by atoms with Crippen LogP contribution in [0.5, 0.6) is 0 Å². The normalized spacial score (nSPS) is 16.5. The number of thioether (sulfide) groups is 1. The number of nitrogens with zero attached hydrogens (tertiary/aromatic N) is 1. The Bertz CT molecular complexity index is 854. The quantitative estimate of drug-likeness (QED) is 0.504. The van der Waals surface area contributed by atoms with Gasteiger partial charge in [-0.15, -0.1) is 0 Å². The second-order valence-electron chi connectivity index (χ2n) is 4.66. The van der Waals surface area contributed by atoms with Gasteiger partial charge in [-0.1, -0.05) is 46.0 Å². The summed E-state index contributed by atoms with van der Waals surface area (Å²) in [4.78, 5) is 14.1. The Labute approximate surface area is 149 Å². The van der Waals surface area contributed by atoms with Gasteiger partial charge in [-0.2, -0.15) is 0 Å². The van der Waals surface area contributed by atoms with Crippen molar-refractivity contribution < 1.29 is 13.6 Å². The summed E-state index contributed by atoms with van der Waals surface area (Å²) in [6.07, 6.45) is 1.44. The maximum Gasteiger partial charge on any atom is 0.270 e. The number of anilines is 1. The molecular weight excluding hydrogens is 404 g/mol. The van der Waals surface area contributed by atoms with E-state index < -0.39 is 17.5 Å². The van der Waals surface area contributed by atoms with Crippen molar-refractivity contribution in [3.05, 3.63) is 69.0 Å². The van der Waals surface area contributed by atoms with Crippen LogP contribution in [0.1, 0.15) is 5.56 Å². The van der Waals surface area contributed by atoms with Gasteiger partial charge in [0.25, 0.3) is 5.91 Å². The minimum Gasteiger partial charge on any atom is -0.268 e. The molecule has 0 unspecified atom stereocenters. The molecule has 0 atom stereocenters. The first-order chi connectivity index (χ1) is 11.0. The molecule has 0 radical (unpaired) electrons. The average molecular weight is 412 g/mol. The van der Waals surface area contributed by atoms with Crippen molar-refractivity contribution in [2.75, 3.05) is 4.90 Å². The van der Waals surface area contributed by atoms with Gasteiger partial charge in [0, 0.05) is 10.0 Å². The molecule has 0 N–H and O–H groups in total. The average Bonchev–Trinajstić information content (AvgIpc) is 2.77. The van der Waals surface area contributed by atoms with Crippen molar-refractivity contribution in [3.63, 3.8) is 0 Å². The van der Waals surface area contributed by atoms with Gasteiger partial charge in [0.05, 0.1) is 10.6 Å². The highest BCUT2D eigenvalue weighted by molar-refractivity contribution is 9.10. The van der Waals surface area contributed by atoms with E-state index in [1.165, 1.54) is 35.2 Å². The summed E-state index contributed by atoms with van der Waals surface area (Å²) in [6.45, 7) is 0. The molecular formula is C16H8BrF2NOS2. The smallest absolute Gasteiger partial charge is 0.268 e. The maximum absolute atomic E-state index is 13.8. The Morgan fingerprint density at radius 2 is 1.96 bits per heavy atom. The summed E-state index contributed by atoms with van der Waals surface area (Å²) >= 11 is 9.52. The van der Waals surface area contributed by atoms with Crippen molar-refractivity contribution in [2.24, 2.45) is 0 Å². The van der Waals surface area contributed by atoms with E-state index in [4.69, 9.17) is 12.2 Å². The number of amides is 1. The summed E-state index contributed by atoms with van der Waals surface area (Å²) < 4.78 is 28.2. The molecule has 1 saturated heterocycles. The highest BCUT2D eigenvalue weighted by Crippen LogP contribution is 2.36. The van der Waals surface area contributed by atoms with E-state index in [0.717, 1.165) is 11.8 Å². The van der Waals surface area contributed by atoms with Crippen LogP contribution in [-0.4, -0.2) is 10.2 Å². The first-order valence-electron chi connectivity index (χ1n) is 6.44. The SMILES string of the molecule is O=C1/C(=C\c2cc(Br)ccc2F)SC(=S)N1c1cccc(F)c1. The summed E-state index contributed by atoms with van der Waals surface area (Å²) in [5.41, 5.74) is 0.629. The van der Waals surface area contributed by atoms with Crippen LogP contribution in [0.2, 0.25) is 0 Å². The van der Waals surface area contributed by atoms with E-state index in [1.807, 2.05) is 0 Å². The molecule has 3 rings (SSSR count). The van der Waals surface area contributed by atoms with Crippen molar-refractivity contribution in [1.82, 2.24) is 0 Å². The number of thiocarbonyl (C=S) groups is 1. The van der Waals surface area contributed by atoms with Gasteiger partial charge >= 0.3 is 0 Å². The van der Waals surface area contributed by atoms with Gasteiger partial charge < -0.3 is 0 Å². The van der Waals surface area contributed by atoms with E-state index in [9.17, 15) is 13.6 Å². The van der Waals surface area contributed by atoms with Gasteiger partial charge in [0.15, 0.2) is 4.32 Å². The fourth-order valence-corrected chi connectivity index (χ4v) is 3.74. The number of carbonyl (C=O) groups is 1. The van der Waals surface area contributed by atoms with Crippen LogP contribution in [-0.2, 0) is 4.79 Å². The molecule has 7 heteroatoms. The third-order valence-corrected chi connectivity index (χ3v) is 4.90. The predicted octanol–water partition coefficient (Wildman–Crippen LogP) is 5.13. The minimum absolute atomic E-state index is 0.277. The lowest BCUT2D eigenvalue weighted by atomic mass is 10.2. The van der Waals surface area contributed by atoms with E-state index in [-0.39, 0.29) is 14.8 Å². The molecule has 23 heavy (non-hydrogen) atoms. The summed E-state index contributed by atoms with van der Waals surface area (Å²) in [7, 11) is 0. The molecule has 2 nitrogen and oxygen atoms in total. The number of hydrogen-bond acceptors (Lipinski definition) is 3. The van der Waals surface area contributed by atoms with Gasteiger partial charge in [0.1, 0.15) is 11.6 Å². The van der Waals surface area contributed by atoms with Crippen LogP contribution in [0.15, 0.2) is 51.8 Å². The van der Waals surface area contributed by atoms with Crippen LogP contribution in [0.3, 0.4) is 0 Å². The maximum atomic E-state index is 13.8. The molecule has 2 aromatic rings. The Morgan fingerprint density at radius 1 is 1.17 bits per heavy atom. The second kappa shape index (κ2) is 6.51. The van der Waals surface area contributed by atoms with Gasteiger partial charge in [-0.3, -0.25) is 9.69 Å². The fraction of sp³-hybridized carbons (Fsp3) is 0. The zero-order chi connectivity index (χ0) is 16.6. The van der Waals surface area contributed by atoms with Crippen LogP contribution in [0, 0.1) is 11.6 Å². The third-order valence-electron chi connectivity index (χ3n) is 3.10. The van der Waals surface area contributed by atoms with Crippen LogP contribution in [0.4, 0.5) is 14.5 Å². The monoisotopic (exact) mass is 411 g/mol. The van der Waals surface area contributed by atoms with Crippen LogP contribution in [0.25, 0.3) is 6.08 Å². The number of carbonyl (C=O) groups excluding carboxylic acids is 1. The first kappa shape index (κ1) is 16.3. The van der Waals surface area contributed by atoms with E-state index in [2.05, 4.69) is 15.9 Å². The van der Waals surface area contributed by atoms with Gasteiger partial charge in [0.2, 0.25) is 0 Å². The van der Waals surface area contributed by atoms with E-state index in [0.29, 0.717) is 10.2 Å². The third kappa shape index (κ3) is 3.36. The molecule has 1 heterocycles. The van der Waals surface area contributed by atoms with Crippen LogP contribution < -0.4 is 4.90 Å². The zero-order valence-electron chi connectivity index (χ0n) is 11.4. The molecule has 1 aliphatic rings. The van der Waals surface area contributed by atoms with Gasteiger partial charge in [-0.05, 0) is 42.5 Å². The van der Waals surface area contributed by atoms with Crippen molar-refractivity contribution >= 4 is 61.9 Å². The Kier molecular flexibility index (Phi) is 4.61. The van der Waals surface area contributed by atoms with Gasteiger partial charge in [-0.25, -0.2) is 8.78 Å². The van der Waals surface area contributed by atoms with Crippen molar-refractivity contribution in [3.8, 4) is 0 Å². The lowest BCUT2D eigenvalue weighted by molar-refractivity contribution is -0.113. The molecule has 2 aromatic carbocycles. The first-order valence-corrected chi connectivity index (χ1v) is 8.46. The predicted molar refractivity (Wildman–Crippen MR) is 96.2 cm³/mol. The van der Waals surface area contributed by atoms with E-state index in [1.54, 1.807) is 18.2 Å². The Hall–Kier alpha value is -1.57. The zero-order valence-corrected chi connectivity index (χ0v) is 14.6. The molecule has 0 bridgehead atoms. The molecule has 1 aliphatic heterocycles.